The number of nitrogens with one attached hydrogen (secondary N) is 1. The van der Waals surface area contributed by atoms with Gasteiger partial charge in [0.1, 0.15) is 17.9 Å². The molecule has 6 heteroatoms. The molecule has 0 saturated heterocycles. The van der Waals surface area contributed by atoms with Crippen molar-refractivity contribution in [1.29, 1.82) is 0 Å². The fourth-order valence-electron chi connectivity index (χ4n) is 1.33. The maximum absolute atomic E-state index is 10.8. The fourth-order valence-corrected chi connectivity index (χ4v) is 1.33. The number of carboxylic acid groups (broad SMARTS) is 1. The number of carboxylic acids is 1. The summed E-state index contributed by atoms with van der Waals surface area (Å²) < 4.78 is 0. The SMILES string of the molecule is Cl.O=C(O)c1cccc2[nH]c(CO)nc12. The highest BCUT2D eigenvalue weighted by atomic mass is 35.5. The van der Waals surface area contributed by atoms with Crippen molar-refractivity contribution in [3.8, 4) is 0 Å². The van der Waals surface area contributed by atoms with Gasteiger partial charge in [-0.25, -0.2) is 9.78 Å². The number of hydrogen-bond donors (Lipinski definition) is 3. The number of nitrogens with zero attached hydrogens (tertiary/aromatic N) is 1. The molecule has 1 aromatic heterocycles. The molecule has 5 nitrogen and oxygen atoms in total. The van der Waals surface area contributed by atoms with E-state index in [1.807, 2.05) is 0 Å². The minimum Gasteiger partial charge on any atom is -0.478 e. The maximum Gasteiger partial charge on any atom is 0.337 e. The molecule has 2 rings (SSSR count). The number of aromatic nitrogens is 2. The van der Waals surface area contributed by atoms with Gasteiger partial charge in [-0.3, -0.25) is 0 Å². The fraction of sp³-hybridized carbons (Fsp3) is 0.111. The Morgan fingerprint density at radius 2 is 2.20 bits per heavy atom. The third-order valence-electron chi connectivity index (χ3n) is 1.94. The summed E-state index contributed by atoms with van der Waals surface area (Å²) in [4.78, 5) is 17.6. The van der Waals surface area contributed by atoms with Crippen LogP contribution in [0.1, 0.15) is 16.2 Å². The number of halogens is 1. The van der Waals surface area contributed by atoms with Gasteiger partial charge in [0.25, 0.3) is 0 Å². The zero-order valence-electron chi connectivity index (χ0n) is 7.60. The standard InChI is InChI=1S/C9H8N2O3.ClH/c12-4-7-10-6-3-1-2-5(9(13)14)8(6)11-7;/h1-3,12H,4H2,(H,10,11)(H,13,14);1H. The van der Waals surface area contributed by atoms with Gasteiger partial charge in [-0.1, -0.05) is 6.07 Å². The van der Waals surface area contributed by atoms with Gasteiger partial charge in [0.15, 0.2) is 0 Å². The van der Waals surface area contributed by atoms with Crippen LogP contribution in [0, 0.1) is 0 Å². The van der Waals surface area contributed by atoms with Crippen LogP contribution >= 0.6 is 12.4 Å². The largest absolute Gasteiger partial charge is 0.478 e. The van der Waals surface area contributed by atoms with E-state index in [1.54, 1.807) is 12.1 Å². The molecule has 0 aliphatic carbocycles. The first kappa shape index (κ1) is 11.5. The molecule has 80 valence electrons. The Balaban J connectivity index is 0.00000112. The summed E-state index contributed by atoms with van der Waals surface area (Å²) >= 11 is 0. The van der Waals surface area contributed by atoms with Crippen LogP contribution in [0.2, 0.25) is 0 Å². The third-order valence-corrected chi connectivity index (χ3v) is 1.94. The van der Waals surface area contributed by atoms with E-state index in [0.717, 1.165) is 0 Å². The van der Waals surface area contributed by atoms with E-state index in [0.29, 0.717) is 16.9 Å². The second-order valence-electron chi connectivity index (χ2n) is 2.85. The third kappa shape index (κ3) is 1.93. The molecule has 0 aliphatic heterocycles. The number of H-pyrrole nitrogens is 1. The van der Waals surface area contributed by atoms with Crippen molar-refractivity contribution in [3.05, 3.63) is 29.6 Å². The van der Waals surface area contributed by atoms with Crippen molar-refractivity contribution in [2.24, 2.45) is 0 Å². The lowest BCUT2D eigenvalue weighted by atomic mass is 10.2. The predicted octanol–water partition coefficient (Wildman–Crippen LogP) is 1.18. The zero-order chi connectivity index (χ0) is 10.1. The molecule has 0 saturated carbocycles. The van der Waals surface area contributed by atoms with Crippen molar-refractivity contribution >= 4 is 29.4 Å². The van der Waals surface area contributed by atoms with Gasteiger partial charge in [-0.15, -0.1) is 12.4 Å². The quantitative estimate of drug-likeness (QED) is 0.720. The van der Waals surface area contributed by atoms with Crippen LogP contribution in [-0.4, -0.2) is 26.2 Å². The first-order chi connectivity index (χ1) is 6.72. The van der Waals surface area contributed by atoms with Crippen LogP contribution in [0.25, 0.3) is 11.0 Å². The van der Waals surface area contributed by atoms with Crippen LogP contribution in [0.3, 0.4) is 0 Å². The molecule has 1 aromatic carbocycles. The Morgan fingerprint density at radius 1 is 1.47 bits per heavy atom. The summed E-state index contributed by atoms with van der Waals surface area (Å²) in [6, 6.07) is 4.83. The molecular formula is C9H9ClN2O3. The van der Waals surface area contributed by atoms with Gasteiger partial charge < -0.3 is 15.2 Å². The molecule has 0 radical (unpaired) electrons. The van der Waals surface area contributed by atoms with Gasteiger partial charge >= 0.3 is 5.97 Å². The van der Waals surface area contributed by atoms with Crippen molar-refractivity contribution < 1.29 is 15.0 Å². The molecule has 0 spiro atoms. The Morgan fingerprint density at radius 3 is 2.80 bits per heavy atom. The van der Waals surface area contributed by atoms with E-state index in [-0.39, 0.29) is 24.6 Å². The number of fused-ring (bicyclic) bond motifs is 1. The topological polar surface area (TPSA) is 86.2 Å². The molecule has 1 heterocycles. The van der Waals surface area contributed by atoms with Gasteiger partial charge in [-0.2, -0.15) is 0 Å². The lowest BCUT2D eigenvalue weighted by molar-refractivity contribution is 0.0699. The minimum atomic E-state index is -1.02. The molecule has 3 N–H and O–H groups in total. The lowest BCUT2D eigenvalue weighted by Crippen LogP contribution is -1.96. The average Bonchev–Trinajstić information content (AvgIpc) is 2.59. The molecule has 2 aromatic rings. The Kier molecular flexibility index (Phi) is 3.28. The maximum atomic E-state index is 10.8. The van der Waals surface area contributed by atoms with Gasteiger partial charge in [0.05, 0.1) is 11.1 Å². The van der Waals surface area contributed by atoms with Gasteiger partial charge in [0, 0.05) is 0 Å². The number of rotatable bonds is 2. The highest BCUT2D eigenvalue weighted by Gasteiger charge is 2.11. The number of aromatic amines is 1. The summed E-state index contributed by atoms with van der Waals surface area (Å²) in [5, 5.41) is 17.7. The average molecular weight is 229 g/mol. The van der Waals surface area contributed by atoms with E-state index in [2.05, 4.69) is 9.97 Å². The van der Waals surface area contributed by atoms with E-state index < -0.39 is 5.97 Å². The van der Waals surface area contributed by atoms with E-state index >= 15 is 0 Å². The monoisotopic (exact) mass is 228 g/mol. The molecule has 0 amide bonds. The molecule has 0 atom stereocenters. The lowest BCUT2D eigenvalue weighted by Gasteiger charge is -1.93. The van der Waals surface area contributed by atoms with E-state index in [1.165, 1.54) is 6.07 Å². The molecule has 0 bridgehead atoms. The van der Waals surface area contributed by atoms with Crippen LogP contribution < -0.4 is 0 Å². The summed E-state index contributed by atoms with van der Waals surface area (Å²) in [5.41, 5.74) is 1.14. The van der Waals surface area contributed by atoms with Crippen LogP contribution in [0.5, 0.6) is 0 Å². The number of benzene rings is 1. The van der Waals surface area contributed by atoms with Crippen LogP contribution in [-0.2, 0) is 6.61 Å². The van der Waals surface area contributed by atoms with Crippen molar-refractivity contribution in [3.63, 3.8) is 0 Å². The smallest absolute Gasteiger partial charge is 0.337 e. The van der Waals surface area contributed by atoms with Crippen molar-refractivity contribution in [2.75, 3.05) is 0 Å². The van der Waals surface area contributed by atoms with Crippen molar-refractivity contribution in [1.82, 2.24) is 9.97 Å². The summed E-state index contributed by atoms with van der Waals surface area (Å²) in [5.74, 6) is -0.653. The zero-order valence-corrected chi connectivity index (χ0v) is 8.41. The molecule has 0 aliphatic rings. The highest BCUT2D eigenvalue weighted by Crippen LogP contribution is 2.16. The normalized spacial score (nSPS) is 9.93. The minimum absolute atomic E-state index is 0. The van der Waals surface area contributed by atoms with E-state index in [4.69, 9.17) is 10.2 Å². The van der Waals surface area contributed by atoms with Gasteiger partial charge in [-0.05, 0) is 12.1 Å². The number of aromatic carboxylic acids is 1. The summed E-state index contributed by atoms with van der Waals surface area (Å²) in [7, 11) is 0. The van der Waals surface area contributed by atoms with Crippen molar-refractivity contribution in [2.45, 2.75) is 6.61 Å². The van der Waals surface area contributed by atoms with Crippen LogP contribution in [0.15, 0.2) is 18.2 Å². The Bertz CT molecular complexity index is 495. The van der Waals surface area contributed by atoms with Gasteiger partial charge in [0.2, 0.25) is 0 Å². The number of carbonyl (C=O) groups is 1. The number of aliphatic hydroxyl groups excluding tert-OH is 1. The second kappa shape index (κ2) is 4.29. The molecule has 0 fully saturated rings. The van der Waals surface area contributed by atoms with Crippen LogP contribution in [0.4, 0.5) is 0 Å². The number of imidazole rings is 1. The molecule has 15 heavy (non-hydrogen) atoms. The summed E-state index contributed by atoms with van der Waals surface area (Å²) in [6.45, 7) is -0.228. The first-order valence-corrected chi connectivity index (χ1v) is 4.04. The predicted molar refractivity (Wildman–Crippen MR) is 56.2 cm³/mol. The second-order valence-corrected chi connectivity index (χ2v) is 2.85. The number of hydrogen-bond acceptors (Lipinski definition) is 3. The first-order valence-electron chi connectivity index (χ1n) is 4.04. The Labute approximate surface area is 91.2 Å². The highest BCUT2D eigenvalue weighted by molar-refractivity contribution is 6.00. The Hall–Kier alpha value is -1.59. The number of aliphatic hydroxyl groups is 1. The molecular weight excluding hydrogens is 220 g/mol. The molecule has 0 unspecified atom stereocenters. The summed E-state index contributed by atoms with van der Waals surface area (Å²) in [6.07, 6.45) is 0. The number of para-hydroxylation sites is 1. The van der Waals surface area contributed by atoms with E-state index in [9.17, 15) is 4.79 Å².